The van der Waals surface area contributed by atoms with Crippen molar-refractivity contribution in [2.24, 2.45) is 23.2 Å². The predicted octanol–water partition coefficient (Wildman–Crippen LogP) is 3.58. The predicted molar refractivity (Wildman–Crippen MR) is 60.2 cm³/mol. The van der Waals surface area contributed by atoms with E-state index in [2.05, 4.69) is 0 Å². The van der Waals surface area contributed by atoms with Crippen LogP contribution < -0.4 is 0 Å². The van der Waals surface area contributed by atoms with Gasteiger partial charge in [0.15, 0.2) is 0 Å². The molecule has 2 rings (SSSR count). The molecule has 0 aromatic heterocycles. The number of hydrogen-bond acceptors (Lipinski definition) is 1. The monoisotopic (exact) mass is 280 g/mol. The van der Waals surface area contributed by atoms with Crippen LogP contribution in [0.3, 0.4) is 0 Å². The Labute approximate surface area is 108 Å². The first-order chi connectivity index (χ1) is 8.54. The van der Waals surface area contributed by atoms with Crippen LogP contribution in [0, 0.1) is 23.2 Å². The van der Waals surface area contributed by atoms with Crippen LogP contribution in [0.15, 0.2) is 12.2 Å². The highest BCUT2D eigenvalue weighted by molar-refractivity contribution is 5.75. The fourth-order valence-electron chi connectivity index (χ4n) is 3.82. The molecule has 0 aromatic rings. The fraction of sp³-hybridized carbons (Fsp3) is 0.769. The van der Waals surface area contributed by atoms with Gasteiger partial charge in [-0.25, -0.2) is 4.39 Å². The van der Waals surface area contributed by atoms with Gasteiger partial charge in [-0.1, -0.05) is 26.0 Å². The van der Waals surface area contributed by atoms with E-state index in [-0.39, 0.29) is 18.8 Å². The van der Waals surface area contributed by atoms with Gasteiger partial charge in [-0.2, -0.15) is 13.2 Å². The lowest BCUT2D eigenvalue weighted by Crippen LogP contribution is -2.55. The SMILES string of the molecule is CC(C)CC12C=CC(C1)C(F)(C(F)(F)F)C2C(=O)O. The zero-order valence-electron chi connectivity index (χ0n) is 10.7. The molecule has 6 heteroatoms. The summed E-state index contributed by atoms with van der Waals surface area (Å²) in [5, 5.41) is 9.14. The summed E-state index contributed by atoms with van der Waals surface area (Å²) in [6.45, 7) is 3.58. The van der Waals surface area contributed by atoms with Gasteiger partial charge in [0.2, 0.25) is 5.67 Å². The number of carbonyl (C=O) groups is 1. The third kappa shape index (κ3) is 1.79. The fourth-order valence-corrected chi connectivity index (χ4v) is 3.82. The maximum Gasteiger partial charge on any atom is 0.423 e. The van der Waals surface area contributed by atoms with Gasteiger partial charge in [-0.05, 0) is 18.8 Å². The Balaban J connectivity index is 2.51. The van der Waals surface area contributed by atoms with Crippen LogP contribution in [-0.2, 0) is 4.79 Å². The number of carboxylic acids is 1. The van der Waals surface area contributed by atoms with Crippen LogP contribution in [0.2, 0.25) is 0 Å². The zero-order valence-corrected chi connectivity index (χ0v) is 10.7. The second-order valence-electron chi connectivity index (χ2n) is 6.04. The van der Waals surface area contributed by atoms with E-state index >= 15 is 0 Å². The van der Waals surface area contributed by atoms with Gasteiger partial charge in [0.05, 0.1) is 0 Å². The summed E-state index contributed by atoms with van der Waals surface area (Å²) in [7, 11) is 0. The van der Waals surface area contributed by atoms with E-state index in [9.17, 15) is 22.4 Å². The van der Waals surface area contributed by atoms with E-state index in [4.69, 9.17) is 5.11 Å². The summed E-state index contributed by atoms with van der Waals surface area (Å²) in [5.41, 5.74) is -4.86. The molecule has 0 radical (unpaired) electrons. The normalized spacial score (nSPS) is 41.2. The molecule has 0 spiro atoms. The highest BCUT2D eigenvalue weighted by Gasteiger charge is 2.77. The zero-order chi connectivity index (χ0) is 14.6. The molecule has 2 nitrogen and oxygen atoms in total. The maximum atomic E-state index is 14.6. The molecule has 19 heavy (non-hydrogen) atoms. The van der Waals surface area contributed by atoms with Crippen LogP contribution in [-0.4, -0.2) is 22.9 Å². The molecule has 0 heterocycles. The van der Waals surface area contributed by atoms with E-state index in [0.29, 0.717) is 0 Å². The summed E-state index contributed by atoms with van der Waals surface area (Å²) in [4.78, 5) is 11.3. The maximum absolute atomic E-state index is 14.6. The molecule has 0 saturated heterocycles. The quantitative estimate of drug-likeness (QED) is 0.633. The minimum atomic E-state index is -5.16. The van der Waals surface area contributed by atoms with Crippen LogP contribution in [0.1, 0.15) is 26.7 Å². The van der Waals surface area contributed by atoms with E-state index in [0.717, 1.165) is 0 Å². The van der Waals surface area contributed by atoms with Crippen molar-refractivity contribution in [2.75, 3.05) is 0 Å². The molecule has 1 N–H and O–H groups in total. The van der Waals surface area contributed by atoms with Crippen LogP contribution in [0.5, 0.6) is 0 Å². The van der Waals surface area contributed by atoms with Gasteiger partial charge in [0, 0.05) is 11.3 Å². The average molecular weight is 280 g/mol. The number of halogens is 4. The third-order valence-corrected chi connectivity index (χ3v) is 4.26. The van der Waals surface area contributed by atoms with Gasteiger partial charge >= 0.3 is 12.1 Å². The Morgan fingerprint density at radius 2 is 2.05 bits per heavy atom. The molecular formula is C13H16F4O2. The average Bonchev–Trinajstić information content (AvgIpc) is 2.68. The van der Waals surface area contributed by atoms with Crippen molar-refractivity contribution in [2.45, 2.75) is 38.5 Å². The van der Waals surface area contributed by atoms with E-state index in [1.165, 1.54) is 12.2 Å². The highest BCUT2D eigenvalue weighted by atomic mass is 19.4. The summed E-state index contributed by atoms with van der Waals surface area (Å²) < 4.78 is 53.7. The van der Waals surface area contributed by atoms with Gasteiger partial charge in [-0.15, -0.1) is 0 Å². The minimum Gasteiger partial charge on any atom is -0.481 e. The molecule has 2 bridgehead atoms. The minimum absolute atomic E-state index is 0.000772. The van der Waals surface area contributed by atoms with Gasteiger partial charge in [0.25, 0.3) is 0 Å². The van der Waals surface area contributed by atoms with E-state index < -0.39 is 35.1 Å². The molecule has 0 aromatic carbocycles. The Morgan fingerprint density at radius 3 is 2.47 bits per heavy atom. The lowest BCUT2D eigenvalue weighted by Gasteiger charge is -2.39. The molecule has 0 amide bonds. The van der Waals surface area contributed by atoms with Gasteiger partial charge < -0.3 is 5.11 Å². The first kappa shape index (κ1) is 14.3. The molecule has 1 saturated carbocycles. The third-order valence-electron chi connectivity index (χ3n) is 4.26. The molecule has 4 unspecified atom stereocenters. The molecule has 1 fully saturated rings. The molecule has 2 aliphatic rings. The Morgan fingerprint density at radius 1 is 1.47 bits per heavy atom. The Kier molecular flexibility index (Phi) is 2.99. The van der Waals surface area contributed by atoms with Crippen molar-refractivity contribution >= 4 is 5.97 Å². The molecule has 4 atom stereocenters. The van der Waals surface area contributed by atoms with Crippen molar-refractivity contribution in [1.29, 1.82) is 0 Å². The molecule has 2 aliphatic carbocycles. The van der Waals surface area contributed by atoms with Gasteiger partial charge in [-0.3, -0.25) is 4.79 Å². The number of rotatable bonds is 3. The number of hydrogen-bond donors (Lipinski definition) is 1. The van der Waals surface area contributed by atoms with Crippen molar-refractivity contribution in [3.8, 4) is 0 Å². The van der Waals surface area contributed by atoms with Crippen molar-refractivity contribution in [1.82, 2.24) is 0 Å². The lowest BCUT2D eigenvalue weighted by atomic mass is 9.68. The highest BCUT2D eigenvalue weighted by Crippen LogP contribution is 2.66. The second-order valence-corrected chi connectivity index (χ2v) is 6.04. The Hall–Kier alpha value is -1.07. The number of carboxylic acid groups (broad SMARTS) is 1. The number of allylic oxidation sites excluding steroid dienone is 2. The topological polar surface area (TPSA) is 37.3 Å². The lowest BCUT2D eigenvalue weighted by molar-refractivity contribution is -0.258. The number of fused-ring (bicyclic) bond motifs is 2. The molecular weight excluding hydrogens is 264 g/mol. The number of alkyl halides is 4. The van der Waals surface area contributed by atoms with Crippen LogP contribution in [0.25, 0.3) is 0 Å². The van der Waals surface area contributed by atoms with Crippen LogP contribution in [0.4, 0.5) is 17.6 Å². The second kappa shape index (κ2) is 3.96. The summed E-state index contributed by atoms with van der Waals surface area (Å²) in [6, 6.07) is 0. The summed E-state index contributed by atoms with van der Waals surface area (Å²) in [5.74, 6) is -5.13. The van der Waals surface area contributed by atoms with Crippen molar-refractivity contribution in [3.05, 3.63) is 12.2 Å². The first-order valence-corrected chi connectivity index (χ1v) is 6.22. The van der Waals surface area contributed by atoms with E-state index in [1.54, 1.807) is 13.8 Å². The summed E-state index contributed by atoms with van der Waals surface area (Å²) in [6.07, 6.45) is -2.30. The van der Waals surface area contributed by atoms with Crippen molar-refractivity contribution in [3.63, 3.8) is 0 Å². The smallest absolute Gasteiger partial charge is 0.423 e. The molecule has 108 valence electrons. The molecule has 0 aliphatic heterocycles. The Bertz CT molecular complexity index is 429. The summed E-state index contributed by atoms with van der Waals surface area (Å²) >= 11 is 0. The standard InChI is InChI=1S/C13H16F4O2/c1-7(2)5-11-4-3-8(6-11)12(14,13(15,16)17)9(11)10(18)19/h3-4,7-9H,5-6H2,1-2H3,(H,18,19). The van der Waals surface area contributed by atoms with Crippen LogP contribution >= 0.6 is 0 Å². The largest absolute Gasteiger partial charge is 0.481 e. The van der Waals surface area contributed by atoms with Gasteiger partial charge in [0.1, 0.15) is 5.92 Å². The van der Waals surface area contributed by atoms with E-state index in [1.807, 2.05) is 0 Å². The van der Waals surface area contributed by atoms with Crippen molar-refractivity contribution < 1.29 is 27.5 Å². The first-order valence-electron chi connectivity index (χ1n) is 6.22. The number of aliphatic carboxylic acids is 1.